The normalized spacial score (nSPS) is 10.3. The molecule has 0 saturated carbocycles. The molecule has 0 bridgehead atoms. The molecule has 0 aliphatic rings. The molecule has 0 spiro atoms. The summed E-state index contributed by atoms with van der Waals surface area (Å²) in [5.74, 6) is 1.42. The first-order valence-corrected chi connectivity index (χ1v) is 6.48. The average Bonchev–Trinajstić information content (AvgIpc) is 2.27. The minimum atomic E-state index is 0.321. The highest BCUT2D eigenvalue weighted by Crippen LogP contribution is 2.20. The van der Waals surface area contributed by atoms with Gasteiger partial charge in [0.2, 0.25) is 0 Å². The first-order valence-electron chi connectivity index (χ1n) is 5.02. The topological polar surface area (TPSA) is 35.0 Å². The van der Waals surface area contributed by atoms with E-state index in [0.29, 0.717) is 17.6 Å². The van der Waals surface area contributed by atoms with Gasteiger partial charge in [-0.2, -0.15) is 0 Å². The SMILES string of the molecule is Cc1cc(Cl)nc(COc2ccccc2I)n1. The van der Waals surface area contributed by atoms with Crippen molar-refractivity contribution in [2.45, 2.75) is 13.5 Å². The molecule has 1 aromatic carbocycles. The zero-order valence-corrected chi connectivity index (χ0v) is 12.1. The fourth-order valence-corrected chi connectivity index (χ4v) is 2.16. The van der Waals surface area contributed by atoms with E-state index in [1.165, 1.54) is 0 Å². The van der Waals surface area contributed by atoms with Crippen molar-refractivity contribution in [3.05, 3.63) is 50.6 Å². The van der Waals surface area contributed by atoms with Gasteiger partial charge < -0.3 is 4.74 Å². The van der Waals surface area contributed by atoms with Gasteiger partial charge in [-0.1, -0.05) is 23.7 Å². The zero-order valence-electron chi connectivity index (χ0n) is 9.15. The Kier molecular flexibility index (Phi) is 4.17. The highest BCUT2D eigenvalue weighted by molar-refractivity contribution is 14.1. The molecule has 1 aromatic heterocycles. The summed E-state index contributed by atoms with van der Waals surface area (Å²) in [6.45, 7) is 2.20. The van der Waals surface area contributed by atoms with Gasteiger partial charge in [0, 0.05) is 5.69 Å². The second-order valence-corrected chi connectivity index (χ2v) is 5.02. The first-order chi connectivity index (χ1) is 8.15. The summed E-state index contributed by atoms with van der Waals surface area (Å²) in [6.07, 6.45) is 0. The summed E-state index contributed by atoms with van der Waals surface area (Å²) in [7, 11) is 0. The van der Waals surface area contributed by atoms with E-state index in [4.69, 9.17) is 16.3 Å². The predicted molar refractivity (Wildman–Crippen MR) is 75.3 cm³/mol. The van der Waals surface area contributed by atoms with Gasteiger partial charge in [0.15, 0.2) is 5.82 Å². The monoisotopic (exact) mass is 360 g/mol. The molecule has 1 heterocycles. The molecule has 0 unspecified atom stereocenters. The van der Waals surface area contributed by atoms with Crippen LogP contribution in [0.5, 0.6) is 5.75 Å². The van der Waals surface area contributed by atoms with Crippen LogP contribution in [0.2, 0.25) is 5.15 Å². The number of para-hydroxylation sites is 1. The Hall–Kier alpha value is -0.880. The highest BCUT2D eigenvalue weighted by atomic mass is 127. The van der Waals surface area contributed by atoms with Crippen LogP contribution in [0.3, 0.4) is 0 Å². The van der Waals surface area contributed by atoms with Gasteiger partial charge in [0.25, 0.3) is 0 Å². The maximum Gasteiger partial charge on any atom is 0.167 e. The second kappa shape index (κ2) is 5.64. The third-order valence-electron chi connectivity index (χ3n) is 2.06. The van der Waals surface area contributed by atoms with Gasteiger partial charge in [0.1, 0.15) is 17.5 Å². The van der Waals surface area contributed by atoms with E-state index in [2.05, 4.69) is 32.6 Å². The van der Waals surface area contributed by atoms with Crippen LogP contribution >= 0.6 is 34.2 Å². The van der Waals surface area contributed by atoms with E-state index in [0.717, 1.165) is 15.0 Å². The van der Waals surface area contributed by atoms with Crippen molar-refractivity contribution < 1.29 is 4.74 Å². The molecule has 0 aliphatic carbocycles. The van der Waals surface area contributed by atoms with Crippen LogP contribution in [0.25, 0.3) is 0 Å². The molecule has 0 radical (unpaired) electrons. The third kappa shape index (κ3) is 3.54. The molecular weight excluding hydrogens is 351 g/mol. The first kappa shape index (κ1) is 12.6. The van der Waals surface area contributed by atoms with Crippen LogP contribution in [-0.2, 0) is 6.61 Å². The third-order valence-corrected chi connectivity index (χ3v) is 3.15. The van der Waals surface area contributed by atoms with Crippen LogP contribution in [0.15, 0.2) is 30.3 Å². The molecule has 3 nitrogen and oxygen atoms in total. The van der Waals surface area contributed by atoms with E-state index in [-0.39, 0.29) is 0 Å². The summed E-state index contributed by atoms with van der Waals surface area (Å²) in [4.78, 5) is 8.36. The smallest absolute Gasteiger partial charge is 0.167 e. The molecule has 5 heteroatoms. The fourth-order valence-electron chi connectivity index (χ4n) is 1.36. The van der Waals surface area contributed by atoms with Crippen molar-refractivity contribution in [1.82, 2.24) is 9.97 Å². The van der Waals surface area contributed by atoms with Gasteiger partial charge in [0.05, 0.1) is 3.57 Å². The molecule has 0 amide bonds. The molecule has 0 fully saturated rings. The minimum Gasteiger partial charge on any atom is -0.485 e. The lowest BCUT2D eigenvalue weighted by Gasteiger charge is -2.07. The van der Waals surface area contributed by atoms with E-state index < -0.39 is 0 Å². The fraction of sp³-hybridized carbons (Fsp3) is 0.167. The lowest BCUT2D eigenvalue weighted by atomic mass is 10.3. The Bertz CT molecular complexity index is 513. The summed E-state index contributed by atoms with van der Waals surface area (Å²) in [6, 6.07) is 9.52. The number of ether oxygens (including phenoxy) is 1. The number of hydrogen-bond acceptors (Lipinski definition) is 3. The molecule has 88 valence electrons. The molecule has 0 aliphatic heterocycles. The summed E-state index contributed by atoms with van der Waals surface area (Å²) < 4.78 is 6.70. The van der Waals surface area contributed by atoms with Gasteiger partial charge in [-0.15, -0.1) is 0 Å². The Morgan fingerprint density at radius 2 is 2.06 bits per heavy atom. The predicted octanol–water partition coefficient (Wildman–Crippen LogP) is 3.62. The Labute approximate surface area is 118 Å². The van der Waals surface area contributed by atoms with Crippen molar-refractivity contribution in [1.29, 1.82) is 0 Å². The van der Waals surface area contributed by atoms with Crippen molar-refractivity contribution in [3.63, 3.8) is 0 Å². The quantitative estimate of drug-likeness (QED) is 0.619. The van der Waals surface area contributed by atoms with E-state index in [9.17, 15) is 0 Å². The Balaban J connectivity index is 2.10. The number of rotatable bonds is 3. The van der Waals surface area contributed by atoms with Gasteiger partial charge in [-0.3, -0.25) is 0 Å². The summed E-state index contributed by atoms with van der Waals surface area (Å²) in [5, 5.41) is 0.443. The lowest BCUT2D eigenvalue weighted by Crippen LogP contribution is -2.03. The maximum absolute atomic E-state index is 5.85. The summed E-state index contributed by atoms with van der Waals surface area (Å²) in [5.41, 5.74) is 0.839. The van der Waals surface area contributed by atoms with Crippen molar-refractivity contribution in [2.75, 3.05) is 0 Å². The Morgan fingerprint density at radius 1 is 1.29 bits per heavy atom. The lowest BCUT2D eigenvalue weighted by molar-refractivity contribution is 0.293. The van der Waals surface area contributed by atoms with E-state index >= 15 is 0 Å². The maximum atomic E-state index is 5.85. The molecule has 17 heavy (non-hydrogen) atoms. The van der Waals surface area contributed by atoms with Crippen LogP contribution in [0.4, 0.5) is 0 Å². The van der Waals surface area contributed by atoms with E-state index in [1.807, 2.05) is 31.2 Å². The number of aryl methyl sites for hydroxylation is 1. The second-order valence-electron chi connectivity index (χ2n) is 3.47. The number of hydrogen-bond donors (Lipinski definition) is 0. The van der Waals surface area contributed by atoms with Crippen LogP contribution < -0.4 is 4.74 Å². The average molecular weight is 361 g/mol. The number of benzene rings is 1. The largest absolute Gasteiger partial charge is 0.485 e. The highest BCUT2D eigenvalue weighted by Gasteiger charge is 2.03. The van der Waals surface area contributed by atoms with Crippen molar-refractivity contribution in [3.8, 4) is 5.75 Å². The minimum absolute atomic E-state index is 0.321. The van der Waals surface area contributed by atoms with Crippen LogP contribution in [-0.4, -0.2) is 9.97 Å². The number of nitrogens with zero attached hydrogens (tertiary/aromatic N) is 2. The molecule has 0 N–H and O–H groups in total. The molecule has 0 saturated heterocycles. The van der Waals surface area contributed by atoms with E-state index in [1.54, 1.807) is 6.07 Å². The Morgan fingerprint density at radius 3 is 2.76 bits per heavy atom. The zero-order chi connectivity index (χ0) is 12.3. The van der Waals surface area contributed by atoms with Crippen LogP contribution in [0, 0.1) is 10.5 Å². The van der Waals surface area contributed by atoms with Gasteiger partial charge >= 0.3 is 0 Å². The summed E-state index contributed by atoms with van der Waals surface area (Å²) >= 11 is 8.08. The standard InChI is InChI=1S/C12H10ClIN2O/c1-8-6-11(13)16-12(15-8)7-17-10-5-3-2-4-9(10)14/h2-6H,7H2,1H3. The van der Waals surface area contributed by atoms with Gasteiger partial charge in [-0.05, 0) is 47.7 Å². The molecule has 2 rings (SSSR count). The molecular formula is C12H10ClIN2O. The molecule has 0 atom stereocenters. The van der Waals surface area contributed by atoms with Crippen molar-refractivity contribution >= 4 is 34.2 Å². The number of aromatic nitrogens is 2. The van der Waals surface area contributed by atoms with Crippen LogP contribution in [0.1, 0.15) is 11.5 Å². The van der Waals surface area contributed by atoms with Crippen molar-refractivity contribution in [2.24, 2.45) is 0 Å². The van der Waals surface area contributed by atoms with Gasteiger partial charge in [-0.25, -0.2) is 9.97 Å². The molecule has 2 aromatic rings. The number of halogens is 2.